The van der Waals surface area contributed by atoms with Crippen LogP contribution in [0.4, 0.5) is 13.2 Å². The maximum Gasteiger partial charge on any atom is 0.325 e. The first-order chi connectivity index (χ1) is 15.9. The Morgan fingerprint density at radius 3 is 1.76 bits per heavy atom. The Labute approximate surface area is 196 Å². The molecule has 7 heteroatoms. The Morgan fingerprint density at radius 2 is 1.24 bits per heavy atom. The highest BCUT2D eigenvalue weighted by atomic mass is 19.2. The molecule has 0 fully saturated rings. The summed E-state index contributed by atoms with van der Waals surface area (Å²) in [5.41, 5.74) is -0.629. The fourth-order valence-electron chi connectivity index (χ4n) is 3.69. The second-order valence-electron chi connectivity index (χ2n) is 8.70. The van der Waals surface area contributed by atoms with E-state index in [1.165, 1.54) is 77.7 Å². The molecule has 0 saturated carbocycles. The smallest absolute Gasteiger partial charge is 0.325 e. The molecular formula is C26H40F3NO3. The molecule has 0 aliphatic heterocycles. The molecule has 1 amide bonds. The molecule has 0 bridgehead atoms. The van der Waals surface area contributed by atoms with Crippen LogP contribution in [-0.4, -0.2) is 37.0 Å². The van der Waals surface area contributed by atoms with Crippen LogP contribution >= 0.6 is 0 Å². The average Bonchev–Trinajstić information content (AvgIpc) is 2.79. The Balaban J connectivity index is 2.04. The number of esters is 1. The van der Waals surface area contributed by atoms with E-state index in [-0.39, 0.29) is 6.61 Å². The van der Waals surface area contributed by atoms with Gasteiger partial charge in [-0.05, 0) is 18.6 Å². The van der Waals surface area contributed by atoms with Crippen LogP contribution in [-0.2, 0) is 9.53 Å². The molecule has 0 aromatic heterocycles. The van der Waals surface area contributed by atoms with Gasteiger partial charge >= 0.3 is 5.97 Å². The topological polar surface area (TPSA) is 46.6 Å². The zero-order chi connectivity index (χ0) is 24.5. The molecule has 1 aromatic rings. The summed E-state index contributed by atoms with van der Waals surface area (Å²) in [5.74, 6) is -6.19. The van der Waals surface area contributed by atoms with Crippen molar-refractivity contribution in [3.8, 4) is 0 Å². The summed E-state index contributed by atoms with van der Waals surface area (Å²) in [6.07, 6.45) is 17.3. The molecule has 0 heterocycles. The predicted molar refractivity (Wildman–Crippen MR) is 125 cm³/mol. The molecule has 0 aliphatic carbocycles. The van der Waals surface area contributed by atoms with Gasteiger partial charge in [-0.15, -0.1) is 0 Å². The molecular weight excluding hydrogens is 431 g/mol. The van der Waals surface area contributed by atoms with Crippen molar-refractivity contribution in [2.45, 2.75) is 96.8 Å². The van der Waals surface area contributed by atoms with Crippen LogP contribution in [0.15, 0.2) is 12.1 Å². The van der Waals surface area contributed by atoms with E-state index in [9.17, 15) is 22.8 Å². The number of likely N-dealkylation sites (N-methyl/N-ethyl adjacent to an activating group) is 1. The SMILES string of the molecule is CCCCCCCCCCCCCCCCOC(=O)CN(C)C(=O)c1ccc(F)c(F)c1F. The molecule has 33 heavy (non-hydrogen) atoms. The molecule has 0 N–H and O–H groups in total. The highest BCUT2D eigenvalue weighted by Gasteiger charge is 2.23. The molecule has 4 nitrogen and oxygen atoms in total. The van der Waals surface area contributed by atoms with Crippen molar-refractivity contribution in [2.75, 3.05) is 20.2 Å². The van der Waals surface area contributed by atoms with E-state index >= 15 is 0 Å². The number of nitrogens with zero attached hydrogens (tertiary/aromatic N) is 1. The average molecular weight is 472 g/mol. The van der Waals surface area contributed by atoms with E-state index in [0.717, 1.165) is 30.2 Å². The molecule has 0 saturated heterocycles. The van der Waals surface area contributed by atoms with Crippen LogP contribution in [0, 0.1) is 17.5 Å². The van der Waals surface area contributed by atoms with Crippen LogP contribution < -0.4 is 0 Å². The minimum absolute atomic E-state index is 0.262. The number of hydrogen-bond donors (Lipinski definition) is 0. The Bertz CT molecular complexity index is 712. The monoisotopic (exact) mass is 471 g/mol. The Kier molecular flexibility index (Phi) is 15.3. The van der Waals surface area contributed by atoms with E-state index in [0.29, 0.717) is 6.07 Å². The van der Waals surface area contributed by atoms with Gasteiger partial charge in [0.2, 0.25) is 0 Å². The van der Waals surface area contributed by atoms with Gasteiger partial charge < -0.3 is 9.64 Å². The second-order valence-corrected chi connectivity index (χ2v) is 8.70. The quantitative estimate of drug-likeness (QED) is 0.129. The summed E-state index contributed by atoms with van der Waals surface area (Å²) < 4.78 is 45.2. The van der Waals surface area contributed by atoms with Crippen LogP contribution in [0.2, 0.25) is 0 Å². The molecule has 0 aliphatic rings. The zero-order valence-corrected chi connectivity index (χ0v) is 20.3. The number of carbonyl (C=O) groups excluding carboxylic acids is 2. The van der Waals surface area contributed by atoms with Crippen LogP contribution in [0.3, 0.4) is 0 Å². The number of hydrogen-bond acceptors (Lipinski definition) is 3. The minimum atomic E-state index is -1.71. The lowest BCUT2D eigenvalue weighted by Gasteiger charge is -2.17. The summed E-state index contributed by atoms with van der Waals surface area (Å²) in [7, 11) is 1.27. The molecule has 0 unspecified atom stereocenters. The first kappa shape index (κ1) is 29.0. The molecule has 0 radical (unpaired) electrons. The van der Waals surface area contributed by atoms with Gasteiger partial charge in [-0.25, -0.2) is 13.2 Å². The lowest BCUT2D eigenvalue weighted by molar-refractivity contribution is -0.144. The summed E-state index contributed by atoms with van der Waals surface area (Å²) in [6.45, 7) is 2.11. The lowest BCUT2D eigenvalue weighted by Crippen LogP contribution is -2.33. The van der Waals surface area contributed by atoms with Gasteiger partial charge in [-0.3, -0.25) is 9.59 Å². The first-order valence-corrected chi connectivity index (χ1v) is 12.4. The predicted octanol–water partition coefficient (Wildman–Crippen LogP) is 7.20. The molecule has 1 rings (SSSR count). The van der Waals surface area contributed by atoms with Crippen molar-refractivity contribution in [3.05, 3.63) is 35.1 Å². The van der Waals surface area contributed by atoms with E-state index in [1.54, 1.807) is 0 Å². The summed E-state index contributed by atoms with van der Waals surface area (Å²) in [6, 6.07) is 1.53. The minimum Gasteiger partial charge on any atom is -0.464 e. The van der Waals surface area contributed by atoms with Crippen LogP contribution in [0.1, 0.15) is 107 Å². The number of amides is 1. The zero-order valence-electron chi connectivity index (χ0n) is 20.3. The van der Waals surface area contributed by atoms with Gasteiger partial charge in [-0.1, -0.05) is 90.4 Å². The van der Waals surface area contributed by atoms with Crippen molar-refractivity contribution in [1.82, 2.24) is 4.90 Å². The molecule has 1 aromatic carbocycles. The van der Waals surface area contributed by atoms with Crippen molar-refractivity contribution in [1.29, 1.82) is 0 Å². The molecule has 188 valence electrons. The van der Waals surface area contributed by atoms with Crippen molar-refractivity contribution in [2.24, 2.45) is 0 Å². The summed E-state index contributed by atoms with van der Waals surface area (Å²) in [5, 5.41) is 0. The number of carbonyl (C=O) groups is 2. The second kappa shape index (κ2) is 17.4. The number of benzene rings is 1. The van der Waals surface area contributed by atoms with Gasteiger partial charge in [0.1, 0.15) is 6.54 Å². The third-order valence-electron chi connectivity index (χ3n) is 5.74. The van der Waals surface area contributed by atoms with Crippen molar-refractivity contribution < 1.29 is 27.5 Å². The Hall–Kier alpha value is -2.05. The third kappa shape index (κ3) is 12.1. The van der Waals surface area contributed by atoms with Crippen molar-refractivity contribution >= 4 is 11.9 Å². The normalized spacial score (nSPS) is 10.9. The summed E-state index contributed by atoms with van der Waals surface area (Å²) >= 11 is 0. The highest BCUT2D eigenvalue weighted by molar-refractivity contribution is 5.96. The highest BCUT2D eigenvalue weighted by Crippen LogP contribution is 2.17. The largest absolute Gasteiger partial charge is 0.464 e. The molecule has 0 atom stereocenters. The molecule has 0 spiro atoms. The maximum absolute atomic E-state index is 13.7. The van der Waals surface area contributed by atoms with E-state index < -0.39 is 41.4 Å². The van der Waals surface area contributed by atoms with Gasteiger partial charge in [-0.2, -0.15) is 0 Å². The van der Waals surface area contributed by atoms with E-state index in [4.69, 9.17) is 4.74 Å². The Morgan fingerprint density at radius 1 is 0.758 bits per heavy atom. The number of rotatable bonds is 18. The van der Waals surface area contributed by atoms with E-state index in [1.807, 2.05) is 0 Å². The van der Waals surface area contributed by atoms with Gasteiger partial charge in [0.15, 0.2) is 17.5 Å². The maximum atomic E-state index is 13.7. The van der Waals surface area contributed by atoms with E-state index in [2.05, 4.69) is 6.92 Å². The van der Waals surface area contributed by atoms with Crippen LogP contribution in [0.25, 0.3) is 0 Å². The third-order valence-corrected chi connectivity index (χ3v) is 5.74. The van der Waals surface area contributed by atoms with Gasteiger partial charge in [0, 0.05) is 7.05 Å². The van der Waals surface area contributed by atoms with Gasteiger partial charge in [0.05, 0.1) is 12.2 Å². The lowest BCUT2D eigenvalue weighted by atomic mass is 10.0. The van der Waals surface area contributed by atoms with Crippen molar-refractivity contribution in [3.63, 3.8) is 0 Å². The first-order valence-electron chi connectivity index (χ1n) is 12.4. The number of ether oxygens (including phenoxy) is 1. The standard InChI is InChI=1S/C26H40F3NO3/c1-3-4-5-6-7-8-9-10-11-12-13-14-15-16-19-33-23(31)20-30(2)26(32)21-17-18-22(27)25(29)24(21)28/h17-18H,3-16,19-20H2,1-2H3. The number of unbranched alkanes of at least 4 members (excludes halogenated alkanes) is 13. The van der Waals surface area contributed by atoms with Crippen LogP contribution in [0.5, 0.6) is 0 Å². The summed E-state index contributed by atoms with van der Waals surface area (Å²) in [4.78, 5) is 25.0. The number of halogens is 3. The fourth-order valence-corrected chi connectivity index (χ4v) is 3.69. The fraction of sp³-hybridized carbons (Fsp3) is 0.692. The van der Waals surface area contributed by atoms with Gasteiger partial charge in [0.25, 0.3) is 5.91 Å².